The number of ether oxygens (including phenoxy) is 1. The van der Waals surface area contributed by atoms with Crippen molar-refractivity contribution < 1.29 is 9.53 Å². The minimum absolute atomic E-state index is 0.164. The summed E-state index contributed by atoms with van der Waals surface area (Å²) < 4.78 is 5.31. The predicted molar refractivity (Wildman–Crippen MR) is 73.5 cm³/mol. The molecule has 0 bridgehead atoms. The Morgan fingerprint density at radius 2 is 1.94 bits per heavy atom. The van der Waals surface area contributed by atoms with E-state index in [4.69, 9.17) is 4.74 Å². The molecule has 1 aromatic rings. The van der Waals surface area contributed by atoms with Crippen molar-refractivity contribution in [1.82, 2.24) is 5.32 Å². The molecule has 0 aliphatic heterocycles. The number of hydrogen-bond acceptors (Lipinski definition) is 3. The van der Waals surface area contributed by atoms with Crippen molar-refractivity contribution in [3.8, 4) is 0 Å². The summed E-state index contributed by atoms with van der Waals surface area (Å²) in [6, 6.07) is 9.65. The van der Waals surface area contributed by atoms with Gasteiger partial charge in [-0.2, -0.15) is 0 Å². The maximum atomic E-state index is 11.7. The summed E-state index contributed by atoms with van der Waals surface area (Å²) in [6.07, 6.45) is 1.41. The highest BCUT2D eigenvalue weighted by Gasteiger charge is 2.18. The van der Waals surface area contributed by atoms with Gasteiger partial charge in [0.25, 0.3) is 0 Å². The van der Waals surface area contributed by atoms with Gasteiger partial charge in [0.15, 0.2) is 0 Å². The van der Waals surface area contributed by atoms with Crippen LogP contribution in [0.25, 0.3) is 0 Å². The lowest BCUT2D eigenvalue weighted by Gasteiger charge is -2.25. The van der Waals surface area contributed by atoms with E-state index in [-0.39, 0.29) is 11.5 Å². The van der Waals surface area contributed by atoms with Crippen LogP contribution >= 0.6 is 0 Å². The summed E-state index contributed by atoms with van der Waals surface area (Å²) in [6.45, 7) is 7.53. The number of benzene rings is 1. The molecule has 18 heavy (non-hydrogen) atoms. The summed E-state index contributed by atoms with van der Waals surface area (Å²) in [5, 5.41) is 3.35. The van der Waals surface area contributed by atoms with Gasteiger partial charge in [0.05, 0.1) is 6.42 Å². The van der Waals surface area contributed by atoms with Crippen molar-refractivity contribution >= 4 is 5.97 Å². The molecule has 1 aromatic carbocycles. The fourth-order valence-electron chi connectivity index (χ4n) is 1.59. The molecule has 0 atom stereocenters. The monoisotopic (exact) mass is 249 g/mol. The Kier molecular flexibility index (Phi) is 5.86. The minimum Gasteiger partial charge on any atom is -0.463 e. The second kappa shape index (κ2) is 7.17. The Balaban J connectivity index is 2.33. The highest BCUT2D eigenvalue weighted by atomic mass is 16.5. The van der Waals surface area contributed by atoms with Crippen molar-refractivity contribution in [3.05, 3.63) is 35.9 Å². The molecule has 0 unspecified atom stereocenters. The van der Waals surface area contributed by atoms with Crippen LogP contribution < -0.4 is 5.32 Å². The van der Waals surface area contributed by atoms with E-state index in [0.717, 1.165) is 18.5 Å². The highest BCUT2D eigenvalue weighted by molar-refractivity contribution is 5.72. The first-order chi connectivity index (χ1) is 8.53. The van der Waals surface area contributed by atoms with Crippen LogP contribution in [0.15, 0.2) is 30.3 Å². The molecule has 1 N–H and O–H groups in total. The SMILES string of the molecule is CCCNC(C)(C)COC(=O)Cc1ccccc1. The lowest BCUT2D eigenvalue weighted by atomic mass is 10.1. The molecule has 3 heteroatoms. The molecule has 0 aliphatic rings. The lowest BCUT2D eigenvalue weighted by Crippen LogP contribution is -2.44. The number of carbonyl (C=O) groups excluding carboxylic acids is 1. The Labute approximate surface area is 110 Å². The van der Waals surface area contributed by atoms with E-state index in [1.165, 1.54) is 0 Å². The first kappa shape index (κ1) is 14.7. The number of rotatable bonds is 7. The highest BCUT2D eigenvalue weighted by Crippen LogP contribution is 2.05. The zero-order chi connectivity index (χ0) is 13.4. The van der Waals surface area contributed by atoms with E-state index in [9.17, 15) is 4.79 Å². The van der Waals surface area contributed by atoms with Crippen molar-refractivity contribution in [2.24, 2.45) is 0 Å². The molecule has 0 amide bonds. The lowest BCUT2D eigenvalue weighted by molar-refractivity contribution is -0.144. The van der Waals surface area contributed by atoms with E-state index in [0.29, 0.717) is 13.0 Å². The second-order valence-corrected chi connectivity index (χ2v) is 5.13. The first-order valence-electron chi connectivity index (χ1n) is 6.48. The summed E-state index contributed by atoms with van der Waals surface area (Å²) in [7, 11) is 0. The molecule has 0 aromatic heterocycles. The number of nitrogens with one attached hydrogen (secondary N) is 1. The molecule has 0 saturated carbocycles. The van der Waals surface area contributed by atoms with Gasteiger partial charge in [0.2, 0.25) is 0 Å². The predicted octanol–water partition coefficient (Wildman–Crippen LogP) is 2.55. The third kappa shape index (κ3) is 5.82. The number of esters is 1. The maximum absolute atomic E-state index is 11.7. The third-order valence-electron chi connectivity index (χ3n) is 2.64. The Hall–Kier alpha value is -1.35. The number of carbonyl (C=O) groups is 1. The maximum Gasteiger partial charge on any atom is 0.310 e. The van der Waals surface area contributed by atoms with Crippen LogP contribution in [0.5, 0.6) is 0 Å². The van der Waals surface area contributed by atoms with E-state index in [1.54, 1.807) is 0 Å². The van der Waals surface area contributed by atoms with Gasteiger partial charge in [-0.15, -0.1) is 0 Å². The van der Waals surface area contributed by atoms with Gasteiger partial charge < -0.3 is 10.1 Å². The average Bonchev–Trinajstić information content (AvgIpc) is 2.36. The Morgan fingerprint density at radius 3 is 2.56 bits per heavy atom. The zero-order valence-corrected chi connectivity index (χ0v) is 11.5. The van der Waals surface area contributed by atoms with Gasteiger partial charge in [0, 0.05) is 5.54 Å². The fourth-order valence-corrected chi connectivity index (χ4v) is 1.59. The fraction of sp³-hybridized carbons (Fsp3) is 0.533. The van der Waals surface area contributed by atoms with Crippen LogP contribution in [0.1, 0.15) is 32.8 Å². The summed E-state index contributed by atoms with van der Waals surface area (Å²) >= 11 is 0. The molecule has 3 nitrogen and oxygen atoms in total. The standard InChI is InChI=1S/C15H23NO2/c1-4-10-16-15(2,3)12-18-14(17)11-13-8-6-5-7-9-13/h5-9,16H,4,10-12H2,1-3H3. The van der Waals surface area contributed by atoms with Crippen molar-refractivity contribution in [2.75, 3.05) is 13.2 Å². The van der Waals surface area contributed by atoms with Crippen LogP contribution in [-0.2, 0) is 16.0 Å². The number of hydrogen-bond donors (Lipinski definition) is 1. The van der Waals surface area contributed by atoms with Gasteiger partial charge in [-0.05, 0) is 32.4 Å². The first-order valence-corrected chi connectivity index (χ1v) is 6.48. The van der Waals surface area contributed by atoms with Crippen molar-refractivity contribution in [2.45, 2.75) is 39.2 Å². The van der Waals surface area contributed by atoms with Crippen LogP contribution in [-0.4, -0.2) is 24.7 Å². The molecule has 0 spiro atoms. The van der Waals surface area contributed by atoms with E-state index in [1.807, 2.05) is 44.2 Å². The molecule has 100 valence electrons. The van der Waals surface area contributed by atoms with Gasteiger partial charge in [-0.1, -0.05) is 37.3 Å². The van der Waals surface area contributed by atoms with E-state index >= 15 is 0 Å². The summed E-state index contributed by atoms with van der Waals surface area (Å²) in [4.78, 5) is 11.7. The molecule has 1 rings (SSSR count). The topological polar surface area (TPSA) is 38.3 Å². The Morgan fingerprint density at radius 1 is 1.28 bits per heavy atom. The largest absolute Gasteiger partial charge is 0.463 e. The zero-order valence-electron chi connectivity index (χ0n) is 11.5. The van der Waals surface area contributed by atoms with Gasteiger partial charge in [0.1, 0.15) is 6.61 Å². The van der Waals surface area contributed by atoms with Gasteiger partial charge >= 0.3 is 5.97 Å². The molecular formula is C15H23NO2. The Bertz CT molecular complexity index is 360. The van der Waals surface area contributed by atoms with Crippen molar-refractivity contribution in [3.63, 3.8) is 0 Å². The quantitative estimate of drug-likeness (QED) is 0.755. The summed E-state index contributed by atoms with van der Waals surface area (Å²) in [5.74, 6) is -0.174. The van der Waals surface area contributed by atoms with Crippen LogP contribution in [0.4, 0.5) is 0 Å². The second-order valence-electron chi connectivity index (χ2n) is 5.13. The van der Waals surface area contributed by atoms with E-state index in [2.05, 4.69) is 12.2 Å². The average molecular weight is 249 g/mol. The van der Waals surface area contributed by atoms with Crippen LogP contribution in [0.3, 0.4) is 0 Å². The van der Waals surface area contributed by atoms with Crippen molar-refractivity contribution in [1.29, 1.82) is 0 Å². The van der Waals surface area contributed by atoms with Crippen LogP contribution in [0, 0.1) is 0 Å². The molecule has 0 fully saturated rings. The molecular weight excluding hydrogens is 226 g/mol. The molecule has 0 aliphatic carbocycles. The van der Waals surface area contributed by atoms with E-state index < -0.39 is 0 Å². The molecule has 0 heterocycles. The van der Waals surface area contributed by atoms with Gasteiger partial charge in [-0.25, -0.2) is 0 Å². The van der Waals surface area contributed by atoms with Crippen LogP contribution in [0.2, 0.25) is 0 Å². The normalized spacial score (nSPS) is 11.3. The molecule has 0 radical (unpaired) electrons. The van der Waals surface area contributed by atoms with Gasteiger partial charge in [-0.3, -0.25) is 4.79 Å². The smallest absolute Gasteiger partial charge is 0.310 e. The minimum atomic E-state index is -0.174. The summed E-state index contributed by atoms with van der Waals surface area (Å²) in [5.41, 5.74) is 0.823. The molecule has 0 saturated heterocycles. The third-order valence-corrected chi connectivity index (χ3v) is 2.64.